The van der Waals surface area contributed by atoms with Crippen LogP contribution in [0.25, 0.3) is 33.3 Å². The van der Waals surface area contributed by atoms with E-state index in [0.717, 1.165) is 94.7 Å². The first-order chi connectivity index (χ1) is 31.3. The fraction of sp³-hybridized carbons (Fsp3) is 0.638. The monoisotopic (exact) mass is 895 g/mol. The van der Waals surface area contributed by atoms with Gasteiger partial charge < -0.3 is 14.5 Å². The predicted octanol–water partition coefficient (Wildman–Crippen LogP) is 15.0. The lowest BCUT2D eigenvalue weighted by molar-refractivity contribution is -0.110. The van der Waals surface area contributed by atoms with E-state index in [1.54, 1.807) is 0 Å². The Kier molecular flexibility index (Phi) is 28.2. The SMILES string of the molecule is CCCC(C)CC.CCCCC(C)CC.CCCc1cnc(C(C)C)c(-c2c(CC(C)(C)CO)c3cc(-c4cccc(CCCCCCNNC=O)c4)ccc3n2CC)c1.O=CC1CC1. The van der Waals surface area contributed by atoms with Crippen LogP contribution in [-0.2, 0) is 35.4 Å². The lowest BCUT2D eigenvalue weighted by Crippen LogP contribution is -2.30. The highest BCUT2D eigenvalue weighted by Crippen LogP contribution is 2.42. The van der Waals surface area contributed by atoms with Gasteiger partial charge in [0.15, 0.2) is 0 Å². The summed E-state index contributed by atoms with van der Waals surface area (Å²) in [5.41, 5.74) is 16.4. The quantitative estimate of drug-likeness (QED) is 0.0331. The fourth-order valence-corrected chi connectivity index (χ4v) is 8.15. The summed E-state index contributed by atoms with van der Waals surface area (Å²) in [4.78, 5) is 24.9. The molecule has 3 N–H and O–H groups in total. The molecule has 0 bridgehead atoms. The van der Waals surface area contributed by atoms with Gasteiger partial charge in [-0.2, -0.15) is 0 Å². The van der Waals surface area contributed by atoms with Gasteiger partial charge in [-0.3, -0.25) is 15.2 Å². The maximum atomic E-state index is 10.4. The number of hydrazine groups is 1. The highest BCUT2D eigenvalue weighted by Gasteiger charge is 2.27. The largest absolute Gasteiger partial charge is 0.396 e. The molecular formula is C58H94N4O3. The van der Waals surface area contributed by atoms with E-state index >= 15 is 0 Å². The average molecular weight is 895 g/mol. The number of benzene rings is 2. The molecule has 7 heteroatoms. The molecule has 2 heterocycles. The Morgan fingerprint density at radius 3 is 2.03 bits per heavy atom. The molecule has 7 nitrogen and oxygen atoms in total. The number of carbonyl (C=O) groups is 2. The molecular weight excluding hydrogens is 801 g/mol. The van der Waals surface area contributed by atoms with Crippen molar-refractivity contribution < 1.29 is 14.7 Å². The molecule has 1 saturated carbocycles. The van der Waals surface area contributed by atoms with Crippen LogP contribution in [0.2, 0.25) is 0 Å². The number of aromatic nitrogens is 2. The number of amides is 1. The van der Waals surface area contributed by atoms with Gasteiger partial charge in [0.05, 0.1) is 11.4 Å². The number of hydrogen-bond acceptors (Lipinski definition) is 5. The first kappa shape index (κ1) is 57.3. The van der Waals surface area contributed by atoms with Crippen LogP contribution < -0.4 is 10.9 Å². The summed E-state index contributed by atoms with van der Waals surface area (Å²) in [6.45, 7) is 28.7. The number of carbonyl (C=O) groups excluding carboxylic acids is 2. The minimum Gasteiger partial charge on any atom is -0.396 e. The normalized spacial score (nSPS) is 13.2. The van der Waals surface area contributed by atoms with Gasteiger partial charge in [0.25, 0.3) is 0 Å². The van der Waals surface area contributed by atoms with E-state index in [-0.39, 0.29) is 12.0 Å². The topological polar surface area (TPSA) is 96.2 Å². The first-order valence-corrected chi connectivity index (χ1v) is 26.0. The standard InChI is InChI=1S/C39H54N4O2.C8H18.C7H16.C4H6O/c1-7-14-30-22-34(37(28(3)4)40-25-30)38-35(24-39(5,6)26-44)33-23-32(18-19-36(33)43(38)8-2)31-17-13-16-29(21-31)15-11-9-10-12-20-41-42-27-45;1-4-6-7-8(3)5-2;1-4-6-7(3)5-2;5-3-4-1-2-4/h13,16-19,21-23,25,27-28,41,44H,7-12,14-15,20,24,26H2,1-6H3,(H,42,45);8H,4-7H2,1-3H3;7H,4-6H2,1-3H3;3-4H,1-2H2. The third-order valence-corrected chi connectivity index (χ3v) is 12.9. The molecule has 2 atom stereocenters. The van der Waals surface area contributed by atoms with Crippen LogP contribution in [0.1, 0.15) is 201 Å². The van der Waals surface area contributed by atoms with Gasteiger partial charge in [0, 0.05) is 48.3 Å². The number of pyridine rings is 1. The summed E-state index contributed by atoms with van der Waals surface area (Å²) < 4.78 is 2.47. The number of nitrogens with zero attached hydrogens (tertiary/aromatic N) is 2. The lowest BCUT2D eigenvalue weighted by atomic mass is 9.83. The van der Waals surface area contributed by atoms with Crippen molar-refractivity contribution in [1.82, 2.24) is 20.4 Å². The summed E-state index contributed by atoms with van der Waals surface area (Å²) in [7, 11) is 0. The Morgan fingerprint density at radius 2 is 1.48 bits per heavy atom. The second-order valence-corrected chi connectivity index (χ2v) is 20.0. The third-order valence-electron chi connectivity index (χ3n) is 12.9. The van der Waals surface area contributed by atoms with Crippen molar-refractivity contribution in [3.05, 3.63) is 77.1 Å². The highest BCUT2D eigenvalue weighted by atomic mass is 16.3. The van der Waals surface area contributed by atoms with Crippen LogP contribution in [0.3, 0.4) is 0 Å². The van der Waals surface area contributed by atoms with Crippen LogP contribution in [0.4, 0.5) is 0 Å². The van der Waals surface area contributed by atoms with Gasteiger partial charge in [0.2, 0.25) is 6.41 Å². The number of aliphatic hydroxyl groups is 1. The molecule has 5 rings (SSSR count). The van der Waals surface area contributed by atoms with Gasteiger partial charge in [0.1, 0.15) is 6.29 Å². The Morgan fingerprint density at radius 1 is 0.785 bits per heavy atom. The van der Waals surface area contributed by atoms with Gasteiger partial charge in [-0.15, -0.1) is 0 Å². The second kappa shape index (κ2) is 32.0. The summed E-state index contributed by atoms with van der Waals surface area (Å²) in [6, 6.07) is 18.3. The van der Waals surface area contributed by atoms with Gasteiger partial charge >= 0.3 is 0 Å². The molecule has 1 fully saturated rings. The fourth-order valence-electron chi connectivity index (χ4n) is 8.15. The van der Waals surface area contributed by atoms with Crippen molar-refractivity contribution >= 4 is 23.6 Å². The van der Waals surface area contributed by atoms with Gasteiger partial charge in [-0.05, 0) is 121 Å². The molecule has 2 aromatic heterocycles. The van der Waals surface area contributed by atoms with Crippen molar-refractivity contribution in [2.75, 3.05) is 13.2 Å². The van der Waals surface area contributed by atoms with E-state index in [1.807, 2.05) is 0 Å². The van der Waals surface area contributed by atoms with Gasteiger partial charge in [-0.1, -0.05) is 171 Å². The minimum absolute atomic E-state index is 0.129. The Bertz CT molecular complexity index is 1910. The lowest BCUT2D eigenvalue weighted by Gasteiger charge is -2.24. The maximum absolute atomic E-state index is 10.4. The predicted molar refractivity (Wildman–Crippen MR) is 280 cm³/mol. The third kappa shape index (κ3) is 20.7. The number of aliphatic hydroxyl groups excluding tert-OH is 1. The number of nitrogens with one attached hydrogen (secondary N) is 2. The summed E-state index contributed by atoms with van der Waals surface area (Å²) >= 11 is 0. The number of rotatable bonds is 26. The Labute approximate surface area is 397 Å². The zero-order valence-corrected chi connectivity index (χ0v) is 43.5. The molecule has 1 amide bonds. The van der Waals surface area contributed by atoms with Crippen LogP contribution >= 0.6 is 0 Å². The van der Waals surface area contributed by atoms with E-state index in [9.17, 15) is 14.7 Å². The molecule has 2 unspecified atom stereocenters. The van der Waals surface area contributed by atoms with Crippen LogP contribution in [0.5, 0.6) is 0 Å². The highest BCUT2D eigenvalue weighted by molar-refractivity contribution is 5.95. The number of aldehydes is 1. The van der Waals surface area contributed by atoms with Crippen molar-refractivity contribution in [2.24, 2.45) is 23.2 Å². The summed E-state index contributed by atoms with van der Waals surface area (Å²) in [6.07, 6.45) is 24.1. The Hall–Kier alpha value is -3.81. The smallest absolute Gasteiger partial charge is 0.221 e. The van der Waals surface area contributed by atoms with Crippen molar-refractivity contribution in [3.63, 3.8) is 0 Å². The molecule has 65 heavy (non-hydrogen) atoms. The van der Waals surface area contributed by atoms with Gasteiger partial charge in [-0.25, -0.2) is 5.43 Å². The molecule has 364 valence electrons. The van der Waals surface area contributed by atoms with Crippen molar-refractivity contribution in [1.29, 1.82) is 0 Å². The zero-order valence-electron chi connectivity index (χ0n) is 43.5. The van der Waals surface area contributed by atoms with Crippen LogP contribution in [0.15, 0.2) is 54.7 Å². The zero-order chi connectivity index (χ0) is 48.2. The van der Waals surface area contributed by atoms with Crippen LogP contribution in [0, 0.1) is 23.2 Å². The average Bonchev–Trinajstić information content (AvgIpc) is 4.11. The molecule has 0 radical (unpaired) electrons. The molecule has 0 aliphatic heterocycles. The molecule has 1 aliphatic rings. The van der Waals surface area contributed by atoms with E-state index in [2.05, 4.69) is 153 Å². The Balaban J connectivity index is 0.000000596. The summed E-state index contributed by atoms with van der Waals surface area (Å²) in [5.74, 6) is 2.65. The molecule has 2 aromatic carbocycles. The van der Waals surface area contributed by atoms with E-state index < -0.39 is 0 Å². The van der Waals surface area contributed by atoms with E-state index in [1.165, 1.54) is 101 Å². The van der Waals surface area contributed by atoms with E-state index in [4.69, 9.17) is 4.98 Å². The van der Waals surface area contributed by atoms with Crippen molar-refractivity contribution in [3.8, 4) is 22.4 Å². The molecule has 1 aliphatic carbocycles. The van der Waals surface area contributed by atoms with Crippen LogP contribution in [-0.4, -0.2) is 40.5 Å². The van der Waals surface area contributed by atoms with Crippen molar-refractivity contribution in [2.45, 2.75) is 205 Å². The number of hydrogen-bond donors (Lipinski definition) is 3. The molecule has 0 spiro atoms. The van der Waals surface area contributed by atoms with E-state index in [0.29, 0.717) is 18.2 Å². The second-order valence-electron chi connectivity index (χ2n) is 20.0. The molecule has 0 saturated heterocycles. The molecule has 4 aromatic rings. The maximum Gasteiger partial charge on any atom is 0.221 e. The number of fused-ring (bicyclic) bond motifs is 1. The first-order valence-electron chi connectivity index (χ1n) is 26.0. The summed E-state index contributed by atoms with van der Waals surface area (Å²) in [5, 5.41) is 11.7. The number of unbranched alkanes of at least 4 members (excludes halogenated alkanes) is 4. The minimum atomic E-state index is -0.259. The number of aryl methyl sites for hydroxylation is 3.